The van der Waals surface area contributed by atoms with Crippen molar-refractivity contribution < 1.29 is 19.1 Å². The smallest absolute Gasteiger partial charge is 0.407 e. The van der Waals surface area contributed by atoms with Gasteiger partial charge in [-0.15, -0.1) is 0 Å². The summed E-state index contributed by atoms with van der Waals surface area (Å²) in [5, 5.41) is 3.04. The Balaban J connectivity index is 2.50. The van der Waals surface area contributed by atoms with Crippen molar-refractivity contribution >= 4 is 29.5 Å². The molecule has 0 aliphatic carbocycles. The Bertz CT molecular complexity index is 575. The molecular formula is C16H22ClN3O4. The van der Waals surface area contributed by atoms with Gasteiger partial charge in [-0.2, -0.15) is 0 Å². The zero-order valence-electron chi connectivity index (χ0n) is 13.9. The number of hydrogen-bond acceptors (Lipinski definition) is 4. The highest BCUT2D eigenvalue weighted by Gasteiger charge is 2.25. The molecule has 0 aromatic heterocycles. The van der Waals surface area contributed by atoms with Gasteiger partial charge in [0, 0.05) is 5.02 Å². The van der Waals surface area contributed by atoms with E-state index in [1.165, 1.54) is 0 Å². The summed E-state index contributed by atoms with van der Waals surface area (Å²) in [7, 11) is 0. The first-order chi connectivity index (χ1) is 11.3. The lowest BCUT2D eigenvalue weighted by molar-refractivity contribution is -0.130. The lowest BCUT2D eigenvalue weighted by Crippen LogP contribution is -2.54. The number of benzene rings is 1. The summed E-state index contributed by atoms with van der Waals surface area (Å²) in [6, 6.07) is 5.99. The maximum absolute atomic E-state index is 12.1. The molecule has 0 radical (unpaired) electrons. The fourth-order valence-electron chi connectivity index (χ4n) is 1.88. The van der Waals surface area contributed by atoms with Crippen LogP contribution in [-0.2, 0) is 20.7 Å². The Morgan fingerprint density at radius 3 is 2.29 bits per heavy atom. The maximum Gasteiger partial charge on any atom is 0.407 e. The summed E-state index contributed by atoms with van der Waals surface area (Å²) < 4.78 is 4.76. The van der Waals surface area contributed by atoms with Crippen molar-refractivity contribution in [1.29, 1.82) is 0 Å². The summed E-state index contributed by atoms with van der Waals surface area (Å²) in [5.74, 6) is -1.09. The van der Waals surface area contributed by atoms with Gasteiger partial charge in [-0.3, -0.25) is 20.4 Å². The molecule has 0 heterocycles. The average Bonchev–Trinajstić information content (AvgIpc) is 2.52. The number of halogens is 1. The summed E-state index contributed by atoms with van der Waals surface area (Å²) in [5.41, 5.74) is 5.39. The fourth-order valence-corrected chi connectivity index (χ4v) is 2.00. The second-order valence-corrected chi connectivity index (χ2v) is 5.86. The van der Waals surface area contributed by atoms with E-state index in [2.05, 4.69) is 16.2 Å². The number of carbonyl (C=O) groups excluding carboxylic acids is 3. The molecule has 8 heteroatoms. The third-order valence-corrected chi connectivity index (χ3v) is 3.35. The minimum absolute atomic E-state index is 0.0924. The second-order valence-electron chi connectivity index (χ2n) is 5.43. The highest BCUT2D eigenvalue weighted by atomic mass is 35.5. The number of ether oxygens (including phenoxy) is 1. The summed E-state index contributed by atoms with van der Waals surface area (Å²) >= 11 is 5.78. The molecule has 1 aromatic rings. The van der Waals surface area contributed by atoms with E-state index in [1.807, 2.05) is 0 Å². The van der Waals surface area contributed by atoms with Crippen LogP contribution in [-0.4, -0.2) is 30.6 Å². The highest BCUT2D eigenvalue weighted by molar-refractivity contribution is 6.30. The molecule has 1 aromatic carbocycles. The summed E-state index contributed by atoms with van der Waals surface area (Å²) in [6.07, 6.45) is -0.589. The highest BCUT2D eigenvalue weighted by Crippen LogP contribution is 2.09. The van der Waals surface area contributed by atoms with Crippen LogP contribution < -0.4 is 16.2 Å². The van der Waals surface area contributed by atoms with Crippen molar-refractivity contribution in [3.63, 3.8) is 0 Å². The van der Waals surface area contributed by atoms with E-state index < -0.39 is 18.0 Å². The molecule has 24 heavy (non-hydrogen) atoms. The minimum atomic E-state index is -0.820. The van der Waals surface area contributed by atoms with Crippen molar-refractivity contribution in [1.82, 2.24) is 16.2 Å². The lowest BCUT2D eigenvalue weighted by atomic mass is 10.0. The Morgan fingerprint density at radius 2 is 1.75 bits per heavy atom. The Labute approximate surface area is 146 Å². The number of carbonyl (C=O) groups is 3. The molecule has 0 fully saturated rings. The number of hydrogen-bond donors (Lipinski definition) is 3. The van der Waals surface area contributed by atoms with Crippen LogP contribution >= 0.6 is 11.6 Å². The van der Waals surface area contributed by atoms with Crippen LogP contribution in [0.3, 0.4) is 0 Å². The average molecular weight is 356 g/mol. The van der Waals surface area contributed by atoms with E-state index >= 15 is 0 Å². The molecular weight excluding hydrogens is 334 g/mol. The summed E-state index contributed by atoms with van der Waals surface area (Å²) in [6.45, 7) is 5.41. The van der Waals surface area contributed by atoms with E-state index in [0.29, 0.717) is 5.02 Å². The molecule has 0 saturated carbocycles. The number of nitrogens with one attached hydrogen (secondary N) is 3. The number of amides is 3. The van der Waals surface area contributed by atoms with Gasteiger partial charge in [0.2, 0.25) is 5.91 Å². The predicted molar refractivity (Wildman–Crippen MR) is 90.2 cm³/mol. The van der Waals surface area contributed by atoms with Crippen molar-refractivity contribution in [3.8, 4) is 0 Å². The largest absolute Gasteiger partial charge is 0.450 e. The molecule has 3 amide bonds. The third kappa shape index (κ3) is 6.87. The molecule has 0 aliphatic heterocycles. The van der Waals surface area contributed by atoms with E-state index in [0.717, 1.165) is 5.56 Å². The molecule has 132 valence electrons. The van der Waals surface area contributed by atoms with Crippen LogP contribution in [0.15, 0.2) is 24.3 Å². The number of alkyl carbamates (subject to hydrolysis) is 1. The first kappa shape index (κ1) is 19.8. The first-order valence-corrected chi connectivity index (χ1v) is 7.97. The fraction of sp³-hybridized carbons (Fsp3) is 0.438. The molecule has 0 saturated heterocycles. The Morgan fingerprint density at radius 1 is 1.12 bits per heavy atom. The predicted octanol–water partition coefficient (Wildman–Crippen LogP) is 1.80. The molecule has 1 atom stereocenters. The van der Waals surface area contributed by atoms with Crippen LogP contribution in [0.2, 0.25) is 5.02 Å². The van der Waals surface area contributed by atoms with Gasteiger partial charge >= 0.3 is 6.09 Å². The van der Waals surface area contributed by atoms with Crippen LogP contribution in [0.1, 0.15) is 26.3 Å². The van der Waals surface area contributed by atoms with Crippen LogP contribution in [0.25, 0.3) is 0 Å². The molecule has 0 bridgehead atoms. The van der Waals surface area contributed by atoms with Gasteiger partial charge in [-0.25, -0.2) is 4.79 Å². The van der Waals surface area contributed by atoms with Crippen molar-refractivity contribution in [2.75, 3.05) is 6.61 Å². The quantitative estimate of drug-likeness (QED) is 0.678. The third-order valence-electron chi connectivity index (χ3n) is 3.10. The van der Waals surface area contributed by atoms with E-state index in [-0.39, 0.29) is 24.9 Å². The monoisotopic (exact) mass is 355 g/mol. The number of hydrazine groups is 1. The van der Waals surface area contributed by atoms with Crippen molar-refractivity contribution in [3.05, 3.63) is 34.9 Å². The standard InChI is InChI=1S/C16H22ClN3O4/c1-4-24-16(23)18-14(10(2)3)15(22)20-19-13(21)9-11-5-7-12(17)8-6-11/h5-8,10,14H,4,9H2,1-3H3,(H,18,23)(H,19,21)(H,20,22). The molecule has 1 unspecified atom stereocenters. The van der Waals surface area contributed by atoms with Crippen LogP contribution in [0, 0.1) is 5.92 Å². The van der Waals surface area contributed by atoms with Gasteiger partial charge in [-0.05, 0) is 30.5 Å². The lowest BCUT2D eigenvalue weighted by Gasteiger charge is -2.21. The molecule has 3 N–H and O–H groups in total. The Kier molecular flexibility index (Phi) is 8.05. The van der Waals surface area contributed by atoms with Crippen LogP contribution in [0.4, 0.5) is 4.79 Å². The van der Waals surface area contributed by atoms with Gasteiger partial charge < -0.3 is 10.1 Å². The minimum Gasteiger partial charge on any atom is -0.450 e. The van der Waals surface area contributed by atoms with Crippen molar-refractivity contribution in [2.45, 2.75) is 33.2 Å². The first-order valence-electron chi connectivity index (χ1n) is 7.60. The zero-order valence-corrected chi connectivity index (χ0v) is 14.6. The number of rotatable bonds is 6. The summed E-state index contributed by atoms with van der Waals surface area (Å²) in [4.78, 5) is 35.4. The van der Waals surface area contributed by atoms with Gasteiger partial charge in [0.25, 0.3) is 5.91 Å². The van der Waals surface area contributed by atoms with E-state index in [1.54, 1.807) is 45.0 Å². The Hall–Kier alpha value is -2.28. The molecule has 1 rings (SSSR count). The van der Waals surface area contributed by atoms with Gasteiger partial charge in [0.05, 0.1) is 13.0 Å². The van der Waals surface area contributed by atoms with Gasteiger partial charge in [-0.1, -0.05) is 37.6 Å². The molecule has 7 nitrogen and oxygen atoms in total. The normalized spacial score (nSPS) is 11.5. The van der Waals surface area contributed by atoms with Gasteiger partial charge in [0.1, 0.15) is 6.04 Å². The van der Waals surface area contributed by atoms with Crippen molar-refractivity contribution in [2.24, 2.45) is 5.92 Å². The SMILES string of the molecule is CCOC(=O)NC(C(=O)NNC(=O)Cc1ccc(Cl)cc1)C(C)C. The molecule has 0 aliphatic rings. The molecule has 0 spiro atoms. The van der Waals surface area contributed by atoms with Gasteiger partial charge in [0.15, 0.2) is 0 Å². The van der Waals surface area contributed by atoms with E-state index in [4.69, 9.17) is 16.3 Å². The second kappa shape index (κ2) is 9.77. The van der Waals surface area contributed by atoms with Crippen LogP contribution in [0.5, 0.6) is 0 Å². The topological polar surface area (TPSA) is 96.5 Å². The zero-order chi connectivity index (χ0) is 18.1. The van der Waals surface area contributed by atoms with E-state index in [9.17, 15) is 14.4 Å². The maximum atomic E-state index is 12.1.